The average Bonchev–Trinajstić information content (AvgIpc) is 2.57. The molecule has 0 saturated heterocycles. The van der Waals surface area contributed by atoms with Gasteiger partial charge >= 0.3 is 0 Å². The maximum Gasteiger partial charge on any atom is 0.251 e. The van der Waals surface area contributed by atoms with Gasteiger partial charge in [-0.3, -0.25) is 9.59 Å². The standard InChI is InChI=1S/C19H21ClN2O2/c1-12(2)17(22-18(23)14-8-5-4-6-9-14)19(24)21-16-11-7-10-15(20)13(16)3/h4-12,17H,1-3H3,(H,21,24)(H,22,23). The first-order chi connectivity index (χ1) is 11.4. The number of halogens is 1. The minimum atomic E-state index is -0.643. The molecule has 5 heteroatoms. The molecule has 0 aromatic heterocycles. The van der Waals surface area contributed by atoms with Crippen LogP contribution >= 0.6 is 11.6 Å². The molecule has 0 aliphatic rings. The van der Waals surface area contributed by atoms with Gasteiger partial charge in [0.15, 0.2) is 0 Å². The Kier molecular flexibility index (Phi) is 5.99. The van der Waals surface area contributed by atoms with Crippen molar-refractivity contribution in [2.24, 2.45) is 5.92 Å². The van der Waals surface area contributed by atoms with Crippen LogP contribution in [-0.4, -0.2) is 17.9 Å². The van der Waals surface area contributed by atoms with Gasteiger partial charge in [0.05, 0.1) is 0 Å². The lowest BCUT2D eigenvalue weighted by molar-refractivity contribution is -0.118. The number of hydrogen-bond acceptors (Lipinski definition) is 2. The lowest BCUT2D eigenvalue weighted by Gasteiger charge is -2.22. The number of benzene rings is 2. The van der Waals surface area contributed by atoms with Crippen LogP contribution in [0.2, 0.25) is 5.02 Å². The molecular formula is C19H21ClN2O2. The van der Waals surface area contributed by atoms with Crippen LogP contribution in [0.5, 0.6) is 0 Å². The maximum absolute atomic E-state index is 12.6. The van der Waals surface area contributed by atoms with E-state index in [9.17, 15) is 9.59 Å². The van der Waals surface area contributed by atoms with E-state index >= 15 is 0 Å². The third kappa shape index (κ3) is 4.36. The molecule has 2 aromatic carbocycles. The van der Waals surface area contributed by atoms with Gasteiger partial charge in [0.2, 0.25) is 5.91 Å². The molecular weight excluding hydrogens is 324 g/mol. The van der Waals surface area contributed by atoms with Gasteiger partial charge in [-0.05, 0) is 42.7 Å². The van der Waals surface area contributed by atoms with E-state index in [0.29, 0.717) is 16.3 Å². The molecule has 126 valence electrons. The van der Waals surface area contributed by atoms with Gasteiger partial charge in [0, 0.05) is 16.3 Å². The molecule has 2 amide bonds. The molecule has 4 nitrogen and oxygen atoms in total. The van der Waals surface area contributed by atoms with Gasteiger partial charge in [-0.15, -0.1) is 0 Å². The first-order valence-electron chi connectivity index (χ1n) is 7.82. The molecule has 24 heavy (non-hydrogen) atoms. The Morgan fingerprint density at radius 3 is 2.29 bits per heavy atom. The quantitative estimate of drug-likeness (QED) is 0.860. The highest BCUT2D eigenvalue weighted by Gasteiger charge is 2.25. The van der Waals surface area contributed by atoms with Crippen molar-refractivity contribution < 1.29 is 9.59 Å². The SMILES string of the molecule is Cc1c(Cl)cccc1NC(=O)C(NC(=O)c1ccccc1)C(C)C. The van der Waals surface area contributed by atoms with Crippen molar-refractivity contribution in [3.63, 3.8) is 0 Å². The minimum absolute atomic E-state index is 0.0582. The van der Waals surface area contributed by atoms with Gasteiger partial charge in [0.1, 0.15) is 6.04 Å². The van der Waals surface area contributed by atoms with E-state index in [0.717, 1.165) is 5.56 Å². The molecule has 0 fully saturated rings. The van der Waals surface area contributed by atoms with Gasteiger partial charge in [-0.25, -0.2) is 0 Å². The zero-order chi connectivity index (χ0) is 17.7. The maximum atomic E-state index is 12.6. The summed E-state index contributed by atoms with van der Waals surface area (Å²) in [5.74, 6) is -0.593. The van der Waals surface area contributed by atoms with Crippen LogP contribution in [-0.2, 0) is 4.79 Å². The second-order valence-electron chi connectivity index (χ2n) is 5.96. The van der Waals surface area contributed by atoms with Crippen molar-refractivity contribution in [1.29, 1.82) is 0 Å². The molecule has 0 bridgehead atoms. The molecule has 0 saturated carbocycles. The summed E-state index contributed by atoms with van der Waals surface area (Å²) in [6, 6.07) is 13.5. The first kappa shape index (κ1) is 18.0. The van der Waals surface area contributed by atoms with Gasteiger partial charge in [-0.2, -0.15) is 0 Å². The van der Waals surface area contributed by atoms with Gasteiger partial charge in [0.25, 0.3) is 5.91 Å². The van der Waals surface area contributed by atoms with Gasteiger partial charge in [-0.1, -0.05) is 49.7 Å². The largest absolute Gasteiger partial charge is 0.340 e. The van der Waals surface area contributed by atoms with Crippen molar-refractivity contribution >= 4 is 29.1 Å². The Morgan fingerprint density at radius 1 is 1.00 bits per heavy atom. The number of amides is 2. The molecule has 1 unspecified atom stereocenters. The predicted molar refractivity (Wildman–Crippen MR) is 97.4 cm³/mol. The van der Waals surface area contributed by atoms with Crippen LogP contribution in [0.1, 0.15) is 29.8 Å². The normalized spacial score (nSPS) is 11.9. The van der Waals surface area contributed by atoms with E-state index in [4.69, 9.17) is 11.6 Å². The van der Waals surface area contributed by atoms with E-state index in [1.807, 2.05) is 26.8 Å². The number of hydrogen-bond donors (Lipinski definition) is 2. The molecule has 0 aliphatic carbocycles. The number of anilines is 1. The first-order valence-corrected chi connectivity index (χ1v) is 8.20. The number of rotatable bonds is 5. The monoisotopic (exact) mass is 344 g/mol. The molecule has 2 N–H and O–H groups in total. The summed E-state index contributed by atoms with van der Waals surface area (Å²) in [5, 5.41) is 6.24. The fourth-order valence-electron chi connectivity index (χ4n) is 2.30. The Balaban J connectivity index is 2.14. The van der Waals surface area contributed by atoms with Crippen molar-refractivity contribution in [3.05, 3.63) is 64.7 Å². The molecule has 2 rings (SSSR count). The highest BCUT2D eigenvalue weighted by atomic mass is 35.5. The minimum Gasteiger partial charge on any atom is -0.340 e. The highest BCUT2D eigenvalue weighted by molar-refractivity contribution is 6.31. The van der Waals surface area contributed by atoms with E-state index in [1.165, 1.54) is 0 Å². The number of carbonyl (C=O) groups excluding carboxylic acids is 2. The van der Waals surface area contributed by atoms with Crippen LogP contribution < -0.4 is 10.6 Å². The van der Waals surface area contributed by atoms with Crippen LogP contribution in [0.25, 0.3) is 0 Å². The van der Waals surface area contributed by atoms with Crippen LogP contribution in [0.3, 0.4) is 0 Å². The summed E-state index contributed by atoms with van der Waals surface area (Å²) >= 11 is 6.08. The number of nitrogens with one attached hydrogen (secondary N) is 2. The van der Waals surface area contributed by atoms with Gasteiger partial charge < -0.3 is 10.6 Å². The van der Waals surface area contributed by atoms with Crippen LogP contribution in [0, 0.1) is 12.8 Å². The van der Waals surface area contributed by atoms with Crippen molar-refractivity contribution in [2.45, 2.75) is 26.8 Å². The summed E-state index contributed by atoms with van der Waals surface area (Å²) in [7, 11) is 0. The second-order valence-corrected chi connectivity index (χ2v) is 6.37. The average molecular weight is 345 g/mol. The lowest BCUT2D eigenvalue weighted by atomic mass is 10.0. The molecule has 0 aliphatic heterocycles. The molecule has 0 radical (unpaired) electrons. The smallest absolute Gasteiger partial charge is 0.251 e. The van der Waals surface area contributed by atoms with E-state index in [1.54, 1.807) is 42.5 Å². The van der Waals surface area contributed by atoms with Crippen molar-refractivity contribution in [3.8, 4) is 0 Å². The Bertz CT molecular complexity index is 729. The topological polar surface area (TPSA) is 58.2 Å². The van der Waals surface area contributed by atoms with Crippen molar-refractivity contribution in [2.75, 3.05) is 5.32 Å². The Hall–Kier alpha value is -2.33. The lowest BCUT2D eigenvalue weighted by Crippen LogP contribution is -2.47. The molecule has 0 spiro atoms. The third-order valence-electron chi connectivity index (χ3n) is 3.80. The predicted octanol–water partition coefficient (Wildman–Crippen LogP) is 4.04. The van der Waals surface area contributed by atoms with Crippen LogP contribution in [0.4, 0.5) is 5.69 Å². The van der Waals surface area contributed by atoms with E-state index in [2.05, 4.69) is 10.6 Å². The van der Waals surface area contributed by atoms with E-state index in [-0.39, 0.29) is 17.7 Å². The van der Waals surface area contributed by atoms with Crippen LogP contribution in [0.15, 0.2) is 48.5 Å². The summed E-state index contributed by atoms with van der Waals surface area (Å²) < 4.78 is 0. The third-order valence-corrected chi connectivity index (χ3v) is 4.21. The molecule has 0 heterocycles. The fraction of sp³-hybridized carbons (Fsp3) is 0.263. The summed E-state index contributed by atoms with van der Waals surface area (Å²) in [6.45, 7) is 5.62. The van der Waals surface area contributed by atoms with Crippen molar-refractivity contribution in [1.82, 2.24) is 5.32 Å². The fourth-order valence-corrected chi connectivity index (χ4v) is 2.48. The highest BCUT2D eigenvalue weighted by Crippen LogP contribution is 2.23. The molecule has 2 aromatic rings. The number of carbonyl (C=O) groups is 2. The summed E-state index contributed by atoms with van der Waals surface area (Å²) in [5.41, 5.74) is 1.96. The van der Waals surface area contributed by atoms with E-state index < -0.39 is 6.04 Å². The summed E-state index contributed by atoms with van der Waals surface area (Å²) in [6.07, 6.45) is 0. The zero-order valence-electron chi connectivity index (χ0n) is 14.0. The second kappa shape index (κ2) is 7.97. The Morgan fingerprint density at radius 2 is 1.67 bits per heavy atom. The Labute approximate surface area is 147 Å². The zero-order valence-corrected chi connectivity index (χ0v) is 14.7. The summed E-state index contributed by atoms with van der Waals surface area (Å²) in [4.78, 5) is 24.9. The molecule has 1 atom stereocenters.